The normalized spacial score (nSPS) is 25.1. The zero-order chi connectivity index (χ0) is 26.0. The van der Waals surface area contributed by atoms with Crippen LogP contribution < -0.4 is 5.73 Å². The van der Waals surface area contributed by atoms with Gasteiger partial charge in [0.05, 0.1) is 11.0 Å². The molecule has 1 aliphatic rings. The highest BCUT2D eigenvalue weighted by atomic mass is 32.2. The minimum Gasteiger partial charge on any atom is -0.460 e. The zero-order valence-corrected chi connectivity index (χ0v) is 14.0. The van der Waals surface area contributed by atoms with Gasteiger partial charge in [-0.05, 0) is 24.1 Å². The van der Waals surface area contributed by atoms with E-state index in [1.165, 1.54) is 19.1 Å². The average molecular weight is 385 g/mol. The summed E-state index contributed by atoms with van der Waals surface area (Å²) in [4.78, 5) is 12.8. The first-order valence-electron chi connectivity index (χ1n) is 11.0. The van der Waals surface area contributed by atoms with Gasteiger partial charge in [-0.1, -0.05) is 42.3 Å². The quantitative estimate of drug-likeness (QED) is 0.795. The first-order valence-corrected chi connectivity index (χ1v) is 8.39. The molecule has 0 saturated carbocycles. The summed E-state index contributed by atoms with van der Waals surface area (Å²) in [6.07, 6.45) is -2.74. The van der Waals surface area contributed by atoms with Crippen molar-refractivity contribution in [1.29, 1.82) is 0 Å². The highest BCUT2D eigenvalue weighted by Gasteiger charge is 2.39. The second-order valence-electron chi connectivity index (χ2n) is 5.06. The monoisotopic (exact) mass is 385 g/mol. The van der Waals surface area contributed by atoms with Gasteiger partial charge in [-0.25, -0.2) is 4.39 Å². The molecule has 2 N–H and O–H groups in total. The predicted molar refractivity (Wildman–Crippen MR) is 91.3 cm³/mol. The Morgan fingerprint density at radius 3 is 2.73 bits per heavy atom. The molecule has 0 amide bonds. The topological polar surface area (TPSA) is 95.7 Å². The Labute approximate surface area is 161 Å². The summed E-state index contributed by atoms with van der Waals surface area (Å²) in [6.45, 7) is 1.42. The number of Topliss-reactive ketones (excluding diaryl/α,β-unsaturated/α-hetero) is 1. The van der Waals surface area contributed by atoms with Gasteiger partial charge in [-0.15, -0.1) is 0 Å². The molecule has 1 heterocycles. The van der Waals surface area contributed by atoms with Crippen LogP contribution in [0.5, 0.6) is 0 Å². The Bertz CT molecular complexity index is 1350. The second-order valence-corrected chi connectivity index (χ2v) is 6.34. The predicted octanol–water partition coefficient (Wildman–Crippen LogP) is 2.45. The Hall–Kier alpha value is -2.87. The molecule has 1 aliphatic heterocycles. The van der Waals surface area contributed by atoms with E-state index < -0.39 is 80.9 Å². The van der Waals surface area contributed by atoms with E-state index in [1.807, 2.05) is 0 Å². The molecular formula is C18H16FNO5S. The number of carbonyl (C=O) groups excluding carboxylic acids is 1. The van der Waals surface area contributed by atoms with Gasteiger partial charge in [0, 0.05) is 5.56 Å². The largest absolute Gasteiger partial charge is 0.460 e. The molecule has 26 heavy (non-hydrogen) atoms. The lowest BCUT2D eigenvalue weighted by molar-refractivity contribution is -0.123. The van der Waals surface area contributed by atoms with Gasteiger partial charge in [0.25, 0.3) is 0 Å². The third-order valence-corrected chi connectivity index (χ3v) is 4.04. The van der Waals surface area contributed by atoms with Gasteiger partial charge >= 0.3 is 10.1 Å². The maximum atomic E-state index is 14.0. The Morgan fingerprint density at radius 1 is 1.38 bits per heavy atom. The standard InChI is InChI=1S/C18H16FNO5S/c1-11-7-8-13(9-14(11)19)16-15(21)17(18(20)24-16)25-26(22,23)10-12-5-3-2-4-6-12/h2-9,16H,10,20H2,1H3/t16-/m1/s1/i2D,3D,4D,5D,6D,10D2,16D. The van der Waals surface area contributed by atoms with E-state index in [0.717, 1.165) is 6.07 Å². The highest BCUT2D eigenvalue weighted by molar-refractivity contribution is 7.86. The van der Waals surface area contributed by atoms with Crippen molar-refractivity contribution in [3.05, 3.63) is 82.6 Å². The zero-order valence-electron chi connectivity index (χ0n) is 21.1. The molecule has 0 fully saturated rings. The minimum atomic E-state index is -5.63. The van der Waals surface area contributed by atoms with Crippen molar-refractivity contribution in [3.8, 4) is 0 Å². The Balaban J connectivity index is 2.05. The van der Waals surface area contributed by atoms with Gasteiger partial charge in [0.1, 0.15) is 11.5 Å². The smallest absolute Gasteiger partial charge is 0.313 e. The SMILES string of the molecule is [2H]c1c([2H])c([2H])c(C([2H])([2H])S(=O)(=O)OC2=C(N)O[C@]([2H])(c3ccc(C)c(F)c3)C2=O)c([2H])c1[2H]. The van der Waals surface area contributed by atoms with E-state index in [9.17, 15) is 17.6 Å². The average Bonchev–Trinajstić information content (AvgIpc) is 2.96. The van der Waals surface area contributed by atoms with E-state index in [0.29, 0.717) is 0 Å². The fourth-order valence-corrected chi connectivity index (χ4v) is 2.75. The van der Waals surface area contributed by atoms with E-state index in [4.69, 9.17) is 21.4 Å². The van der Waals surface area contributed by atoms with Crippen LogP contribution in [-0.2, 0) is 29.5 Å². The van der Waals surface area contributed by atoms with Gasteiger partial charge < -0.3 is 14.7 Å². The van der Waals surface area contributed by atoms with Crippen molar-refractivity contribution in [2.75, 3.05) is 0 Å². The first kappa shape index (κ1) is 10.3. The summed E-state index contributed by atoms with van der Waals surface area (Å²) in [6, 6.07) is -1.98. The van der Waals surface area contributed by atoms with Gasteiger partial charge in [-0.3, -0.25) is 4.79 Å². The third kappa shape index (κ3) is 3.70. The van der Waals surface area contributed by atoms with Crippen molar-refractivity contribution in [1.82, 2.24) is 0 Å². The molecule has 2 aromatic rings. The van der Waals surface area contributed by atoms with Crippen molar-refractivity contribution < 1.29 is 37.5 Å². The van der Waals surface area contributed by atoms with E-state index >= 15 is 0 Å². The summed E-state index contributed by atoms with van der Waals surface area (Å²) in [7, 11) is -5.63. The van der Waals surface area contributed by atoms with E-state index in [2.05, 4.69) is 4.18 Å². The molecule has 3 rings (SSSR count). The molecular weight excluding hydrogens is 361 g/mol. The number of hydrogen-bond donors (Lipinski definition) is 1. The van der Waals surface area contributed by atoms with Crippen LogP contribution in [0, 0.1) is 12.7 Å². The molecule has 8 heteroatoms. The first-order chi connectivity index (χ1) is 15.5. The molecule has 1 atom stereocenters. The number of hydrogen-bond acceptors (Lipinski definition) is 6. The highest BCUT2D eigenvalue weighted by Crippen LogP contribution is 2.33. The van der Waals surface area contributed by atoms with Crippen LogP contribution in [0.15, 0.2) is 60.1 Å². The molecule has 0 unspecified atom stereocenters. The lowest BCUT2D eigenvalue weighted by Gasteiger charge is -2.10. The van der Waals surface area contributed by atoms with Crippen molar-refractivity contribution in [2.45, 2.75) is 18.7 Å². The molecule has 0 radical (unpaired) electrons. The number of aryl methyl sites for hydroxylation is 1. The minimum absolute atomic E-state index is 0.185. The van der Waals surface area contributed by atoms with Crippen molar-refractivity contribution in [2.24, 2.45) is 5.73 Å². The molecule has 136 valence electrons. The van der Waals surface area contributed by atoms with Crippen LogP contribution in [0.4, 0.5) is 4.39 Å². The summed E-state index contributed by atoms with van der Waals surface area (Å²) in [5, 5.41) is 0. The van der Waals surface area contributed by atoms with Gasteiger partial charge in [-0.2, -0.15) is 8.42 Å². The number of nitrogens with two attached hydrogens (primary N) is 1. The van der Waals surface area contributed by atoms with Crippen LogP contribution >= 0.6 is 0 Å². The number of rotatable bonds is 5. The number of carbonyl (C=O) groups is 1. The molecule has 0 saturated heterocycles. The molecule has 0 spiro atoms. The summed E-state index contributed by atoms with van der Waals surface area (Å²) in [5.74, 6) is -4.58. The molecule has 0 aromatic heterocycles. The number of halogens is 1. The van der Waals surface area contributed by atoms with Crippen LogP contribution in [-0.4, -0.2) is 14.2 Å². The number of benzene rings is 2. The van der Waals surface area contributed by atoms with Crippen molar-refractivity contribution >= 4 is 15.9 Å². The number of ether oxygens (including phenoxy) is 1. The fourth-order valence-electron chi connectivity index (χ4n) is 1.98. The summed E-state index contributed by atoms with van der Waals surface area (Å²) < 4.78 is 112. The molecule has 2 aromatic carbocycles. The summed E-state index contributed by atoms with van der Waals surface area (Å²) >= 11 is 0. The molecule has 0 aliphatic carbocycles. The number of ketones is 1. The second kappa shape index (κ2) is 6.80. The van der Waals surface area contributed by atoms with Gasteiger partial charge in [0.2, 0.25) is 17.4 Å². The van der Waals surface area contributed by atoms with Crippen LogP contribution in [0.1, 0.15) is 33.7 Å². The molecule has 6 nitrogen and oxygen atoms in total. The Kier molecular flexibility index (Phi) is 2.70. The fraction of sp³-hybridized carbons (Fsp3) is 0.167. The molecule has 0 bridgehead atoms. The maximum Gasteiger partial charge on any atom is 0.313 e. The summed E-state index contributed by atoms with van der Waals surface area (Å²) in [5.41, 5.74) is 0.322. The van der Waals surface area contributed by atoms with E-state index in [-0.39, 0.29) is 11.1 Å². The van der Waals surface area contributed by atoms with Crippen LogP contribution in [0.3, 0.4) is 0 Å². The van der Waals surface area contributed by atoms with E-state index in [1.54, 1.807) is 0 Å². The van der Waals surface area contributed by atoms with Crippen LogP contribution in [0.25, 0.3) is 0 Å². The lowest BCUT2D eigenvalue weighted by atomic mass is 10.0. The lowest BCUT2D eigenvalue weighted by Crippen LogP contribution is -2.16. The van der Waals surface area contributed by atoms with Crippen LogP contribution in [0.2, 0.25) is 0 Å². The maximum absolute atomic E-state index is 14.0. The van der Waals surface area contributed by atoms with Gasteiger partial charge in [0.15, 0.2) is 6.08 Å². The third-order valence-electron chi connectivity index (χ3n) is 3.20. The van der Waals surface area contributed by atoms with Crippen molar-refractivity contribution in [3.63, 3.8) is 0 Å². The Morgan fingerprint density at radius 2 is 2.08 bits per heavy atom.